The molecular weight excluding hydrogens is 266 g/mol. The Labute approximate surface area is 114 Å². The van der Waals surface area contributed by atoms with Crippen LogP contribution in [0, 0.1) is 11.3 Å². The number of carbonyl (C=O) groups is 1. The van der Waals surface area contributed by atoms with Gasteiger partial charge in [-0.2, -0.15) is 5.26 Å². The van der Waals surface area contributed by atoms with Crippen molar-refractivity contribution in [1.82, 2.24) is 0 Å². The lowest BCUT2D eigenvalue weighted by Crippen LogP contribution is -2.34. The van der Waals surface area contributed by atoms with Crippen molar-refractivity contribution in [2.45, 2.75) is 63.2 Å². The molecule has 1 rings (SSSR count). The van der Waals surface area contributed by atoms with Crippen LogP contribution >= 0.6 is 0 Å². The molecule has 1 fully saturated rings. The number of rotatable bonds is 6. The lowest BCUT2D eigenvalue weighted by Gasteiger charge is -2.23. The maximum atomic E-state index is 11.9. The summed E-state index contributed by atoms with van der Waals surface area (Å²) in [6.45, 7) is 1.37. The van der Waals surface area contributed by atoms with E-state index in [0.717, 1.165) is 32.1 Å². The molecule has 6 heteroatoms. The fourth-order valence-electron chi connectivity index (χ4n) is 2.12. The van der Waals surface area contributed by atoms with Crippen molar-refractivity contribution in [2.75, 3.05) is 5.75 Å². The minimum atomic E-state index is -3.51. The number of nitriles is 1. The smallest absolute Gasteiger partial charge is 0.324 e. The first-order valence-electron chi connectivity index (χ1n) is 6.76. The van der Waals surface area contributed by atoms with Crippen LogP contribution in [0.4, 0.5) is 0 Å². The van der Waals surface area contributed by atoms with Crippen LogP contribution in [0.1, 0.15) is 51.9 Å². The molecule has 0 aromatic carbocycles. The highest BCUT2D eigenvalue weighted by Gasteiger charge is 2.31. The molecule has 1 atom stereocenters. The number of nitrogens with zero attached hydrogens (tertiary/aromatic N) is 1. The molecule has 108 valence electrons. The van der Waals surface area contributed by atoms with Crippen molar-refractivity contribution in [3.05, 3.63) is 0 Å². The van der Waals surface area contributed by atoms with Crippen molar-refractivity contribution < 1.29 is 17.9 Å². The predicted molar refractivity (Wildman–Crippen MR) is 71.1 cm³/mol. The van der Waals surface area contributed by atoms with Crippen LogP contribution in [0.15, 0.2) is 0 Å². The number of esters is 1. The molecule has 0 aromatic rings. The van der Waals surface area contributed by atoms with Gasteiger partial charge in [-0.1, -0.05) is 6.42 Å². The number of hydrogen-bond acceptors (Lipinski definition) is 5. The lowest BCUT2D eigenvalue weighted by molar-refractivity contribution is -0.149. The highest BCUT2D eigenvalue weighted by Crippen LogP contribution is 2.21. The largest absolute Gasteiger partial charge is 0.461 e. The van der Waals surface area contributed by atoms with Gasteiger partial charge in [0.2, 0.25) is 0 Å². The van der Waals surface area contributed by atoms with E-state index in [2.05, 4.69) is 0 Å². The van der Waals surface area contributed by atoms with Gasteiger partial charge in [0.15, 0.2) is 15.1 Å². The minimum Gasteiger partial charge on any atom is -0.461 e. The van der Waals surface area contributed by atoms with Crippen molar-refractivity contribution in [1.29, 1.82) is 5.26 Å². The first-order valence-corrected chi connectivity index (χ1v) is 8.48. The Bertz CT molecular complexity index is 432. The molecule has 1 saturated carbocycles. The fourth-order valence-corrected chi connectivity index (χ4v) is 3.37. The van der Waals surface area contributed by atoms with E-state index in [1.165, 1.54) is 6.92 Å². The average molecular weight is 287 g/mol. The highest BCUT2D eigenvalue weighted by molar-refractivity contribution is 7.92. The molecule has 0 N–H and O–H groups in total. The number of sulfone groups is 1. The quantitative estimate of drug-likeness (QED) is 0.551. The Morgan fingerprint density at radius 2 is 2.00 bits per heavy atom. The van der Waals surface area contributed by atoms with Gasteiger partial charge in [0.1, 0.15) is 6.10 Å². The molecule has 0 spiro atoms. The third-order valence-electron chi connectivity index (χ3n) is 3.42. The molecule has 0 heterocycles. The third kappa shape index (κ3) is 5.19. The van der Waals surface area contributed by atoms with Gasteiger partial charge in [-0.15, -0.1) is 0 Å². The molecule has 0 amide bonds. The first-order chi connectivity index (χ1) is 8.97. The van der Waals surface area contributed by atoms with Crippen LogP contribution in [0.5, 0.6) is 0 Å². The Hall–Kier alpha value is -1.09. The molecule has 1 unspecified atom stereocenters. The van der Waals surface area contributed by atoms with E-state index in [1.807, 2.05) is 6.07 Å². The summed E-state index contributed by atoms with van der Waals surface area (Å²) in [5.74, 6) is -0.787. The zero-order valence-corrected chi connectivity index (χ0v) is 12.1. The lowest BCUT2D eigenvalue weighted by atomic mass is 9.98. The van der Waals surface area contributed by atoms with Gasteiger partial charge in [0.05, 0.1) is 11.8 Å². The number of hydrogen-bond donors (Lipinski definition) is 0. The SMILES string of the molecule is CC(C(=O)OC1CCCCC1)S(=O)(=O)CCCC#N. The van der Waals surface area contributed by atoms with E-state index in [4.69, 9.17) is 10.00 Å². The van der Waals surface area contributed by atoms with Gasteiger partial charge in [0.25, 0.3) is 0 Å². The molecule has 5 nitrogen and oxygen atoms in total. The zero-order chi connectivity index (χ0) is 14.3. The number of unbranched alkanes of at least 4 members (excludes halogenated alkanes) is 1. The van der Waals surface area contributed by atoms with Gasteiger partial charge in [0, 0.05) is 6.42 Å². The Kier molecular flexibility index (Phi) is 6.29. The van der Waals surface area contributed by atoms with E-state index in [9.17, 15) is 13.2 Å². The second kappa shape index (κ2) is 7.49. The topological polar surface area (TPSA) is 84.2 Å². The molecule has 0 bridgehead atoms. The van der Waals surface area contributed by atoms with Crippen molar-refractivity contribution in [2.24, 2.45) is 0 Å². The molecule has 0 saturated heterocycles. The summed E-state index contributed by atoms with van der Waals surface area (Å²) < 4.78 is 29.0. The minimum absolute atomic E-state index is 0.127. The van der Waals surface area contributed by atoms with E-state index < -0.39 is 21.1 Å². The molecule has 19 heavy (non-hydrogen) atoms. The van der Waals surface area contributed by atoms with E-state index in [-0.39, 0.29) is 24.7 Å². The summed E-state index contributed by atoms with van der Waals surface area (Å²) in [6, 6.07) is 1.89. The van der Waals surface area contributed by atoms with Gasteiger partial charge in [-0.05, 0) is 39.0 Å². The van der Waals surface area contributed by atoms with E-state index >= 15 is 0 Å². The van der Waals surface area contributed by atoms with Gasteiger partial charge < -0.3 is 4.74 Å². The second-order valence-electron chi connectivity index (χ2n) is 4.97. The van der Waals surface area contributed by atoms with Crippen molar-refractivity contribution >= 4 is 15.8 Å². The van der Waals surface area contributed by atoms with Crippen LogP contribution in [-0.2, 0) is 19.4 Å². The van der Waals surface area contributed by atoms with Gasteiger partial charge in [-0.3, -0.25) is 4.79 Å². The summed E-state index contributed by atoms with van der Waals surface area (Å²) in [7, 11) is -3.51. The Morgan fingerprint density at radius 3 is 2.58 bits per heavy atom. The maximum absolute atomic E-state index is 11.9. The summed E-state index contributed by atoms with van der Waals surface area (Å²) in [5, 5.41) is 7.26. The van der Waals surface area contributed by atoms with Crippen LogP contribution in [0.2, 0.25) is 0 Å². The predicted octanol–water partition coefficient (Wildman–Crippen LogP) is 1.97. The summed E-state index contributed by atoms with van der Waals surface area (Å²) >= 11 is 0. The van der Waals surface area contributed by atoms with Crippen molar-refractivity contribution in [3.63, 3.8) is 0 Å². The third-order valence-corrected chi connectivity index (χ3v) is 5.55. The molecule has 0 aromatic heterocycles. The van der Waals surface area contributed by atoms with Crippen LogP contribution in [0.3, 0.4) is 0 Å². The summed E-state index contributed by atoms with van der Waals surface area (Å²) in [5.41, 5.74) is 0. The molecule has 1 aliphatic carbocycles. The number of ether oxygens (including phenoxy) is 1. The summed E-state index contributed by atoms with van der Waals surface area (Å²) in [4.78, 5) is 11.8. The van der Waals surface area contributed by atoms with Gasteiger partial charge in [-0.25, -0.2) is 8.42 Å². The van der Waals surface area contributed by atoms with Crippen molar-refractivity contribution in [3.8, 4) is 6.07 Å². The zero-order valence-electron chi connectivity index (χ0n) is 11.3. The average Bonchev–Trinajstić information content (AvgIpc) is 2.39. The normalized spacial score (nSPS) is 18.5. The fraction of sp³-hybridized carbons (Fsp3) is 0.846. The molecular formula is C13H21NO4S. The second-order valence-corrected chi connectivity index (χ2v) is 7.41. The maximum Gasteiger partial charge on any atom is 0.324 e. The Morgan fingerprint density at radius 1 is 1.37 bits per heavy atom. The highest BCUT2D eigenvalue weighted by atomic mass is 32.2. The monoisotopic (exact) mass is 287 g/mol. The summed E-state index contributed by atoms with van der Waals surface area (Å²) in [6.07, 6.45) is 5.18. The number of carbonyl (C=O) groups excluding carboxylic acids is 1. The standard InChI is InChI=1S/C13H21NO4S/c1-11(19(16,17)10-6-5-9-14)13(15)18-12-7-3-2-4-8-12/h11-12H,2-8,10H2,1H3. The van der Waals surface area contributed by atoms with Crippen LogP contribution in [0.25, 0.3) is 0 Å². The van der Waals surface area contributed by atoms with E-state index in [1.54, 1.807) is 0 Å². The molecule has 0 radical (unpaired) electrons. The molecule has 1 aliphatic rings. The molecule has 0 aliphatic heterocycles. The van der Waals surface area contributed by atoms with Crippen LogP contribution in [-0.4, -0.2) is 31.5 Å². The van der Waals surface area contributed by atoms with E-state index in [0.29, 0.717) is 0 Å². The van der Waals surface area contributed by atoms with Gasteiger partial charge >= 0.3 is 5.97 Å². The van der Waals surface area contributed by atoms with Crippen LogP contribution < -0.4 is 0 Å². The Balaban J connectivity index is 2.48. The first kappa shape index (κ1) is 16.0.